The van der Waals surface area contributed by atoms with Crippen molar-refractivity contribution in [1.82, 2.24) is 0 Å². The summed E-state index contributed by atoms with van der Waals surface area (Å²) in [6.45, 7) is 12.3. The van der Waals surface area contributed by atoms with Crippen molar-refractivity contribution >= 4 is 17.7 Å². The number of ether oxygens (including phenoxy) is 2. The molecule has 3 rings (SSSR count). The van der Waals surface area contributed by atoms with Crippen LogP contribution in [0.4, 0.5) is 0 Å². The molecule has 0 aromatic rings. The molecule has 0 radical (unpaired) electrons. The molecule has 7 nitrogen and oxygen atoms in total. The summed E-state index contributed by atoms with van der Waals surface area (Å²) >= 11 is 0. The van der Waals surface area contributed by atoms with E-state index in [0.29, 0.717) is 36.8 Å². The molecule has 0 aromatic carbocycles. The molecule has 0 bridgehead atoms. The van der Waals surface area contributed by atoms with Crippen LogP contribution in [0.15, 0.2) is 23.3 Å². The van der Waals surface area contributed by atoms with Gasteiger partial charge in [-0.2, -0.15) is 0 Å². The fraction of sp³-hybridized carbons (Fsp3) is 0.741. The third-order valence-electron chi connectivity index (χ3n) is 8.52. The Bertz CT molecular complexity index is 933. The molecular formula is C27H40O7. The van der Waals surface area contributed by atoms with Crippen molar-refractivity contribution in [3.63, 3.8) is 0 Å². The smallest absolute Gasteiger partial charge is 0.308 e. The van der Waals surface area contributed by atoms with Crippen LogP contribution < -0.4 is 0 Å². The number of carbonyl (C=O) groups excluding carboxylic acids is 3. The van der Waals surface area contributed by atoms with Gasteiger partial charge in [-0.25, -0.2) is 0 Å². The predicted molar refractivity (Wildman–Crippen MR) is 127 cm³/mol. The second-order valence-corrected chi connectivity index (χ2v) is 11.1. The van der Waals surface area contributed by atoms with Crippen LogP contribution in [0.3, 0.4) is 0 Å². The Morgan fingerprint density at radius 3 is 2.38 bits per heavy atom. The topological polar surface area (TPSA) is 110 Å². The number of Topliss-reactive ketones (excluding diaryl/α,β-unsaturated/α-hetero) is 1. The van der Waals surface area contributed by atoms with Crippen molar-refractivity contribution in [2.75, 3.05) is 6.61 Å². The van der Waals surface area contributed by atoms with E-state index in [1.54, 1.807) is 26.8 Å². The lowest BCUT2D eigenvalue weighted by Crippen LogP contribution is -2.67. The summed E-state index contributed by atoms with van der Waals surface area (Å²) < 4.78 is 11.4. The monoisotopic (exact) mass is 476 g/mol. The summed E-state index contributed by atoms with van der Waals surface area (Å²) in [7, 11) is 0. The van der Waals surface area contributed by atoms with Crippen LogP contribution in [-0.4, -0.2) is 51.3 Å². The zero-order chi connectivity index (χ0) is 25.7. The van der Waals surface area contributed by atoms with E-state index in [-0.39, 0.29) is 24.9 Å². The SMILES string of the molecule is CCC1(OC(=O)C(C)C)CC(C)C2(O)C3C=C(C)C(=O)C3(O)CC(COC(C)=O)=CC2(CC)C1. The number of hydrogen-bond acceptors (Lipinski definition) is 7. The van der Waals surface area contributed by atoms with Crippen LogP contribution in [0.2, 0.25) is 0 Å². The number of carbonyl (C=O) groups is 3. The first-order chi connectivity index (χ1) is 15.7. The molecule has 7 heteroatoms. The third kappa shape index (κ3) is 3.95. The fourth-order valence-corrected chi connectivity index (χ4v) is 6.74. The number of rotatable bonds is 6. The van der Waals surface area contributed by atoms with E-state index < -0.39 is 45.8 Å². The number of fused-ring (bicyclic) bond motifs is 3. The molecule has 0 saturated heterocycles. The second-order valence-electron chi connectivity index (χ2n) is 11.1. The van der Waals surface area contributed by atoms with Crippen molar-refractivity contribution in [3.05, 3.63) is 23.3 Å². The first kappa shape index (κ1) is 26.6. The van der Waals surface area contributed by atoms with E-state index in [4.69, 9.17) is 9.47 Å². The molecule has 3 aliphatic rings. The molecule has 190 valence electrons. The van der Waals surface area contributed by atoms with Gasteiger partial charge in [-0.3, -0.25) is 14.4 Å². The molecule has 1 fully saturated rings. The van der Waals surface area contributed by atoms with Gasteiger partial charge in [0, 0.05) is 24.7 Å². The minimum atomic E-state index is -1.82. The van der Waals surface area contributed by atoms with Gasteiger partial charge < -0.3 is 19.7 Å². The maximum atomic E-state index is 13.2. The van der Waals surface area contributed by atoms with Gasteiger partial charge in [0.15, 0.2) is 5.78 Å². The van der Waals surface area contributed by atoms with Crippen molar-refractivity contribution in [2.24, 2.45) is 23.2 Å². The Morgan fingerprint density at radius 1 is 1.21 bits per heavy atom. The highest BCUT2D eigenvalue weighted by Crippen LogP contribution is 2.64. The van der Waals surface area contributed by atoms with Crippen molar-refractivity contribution in [1.29, 1.82) is 0 Å². The molecule has 6 unspecified atom stereocenters. The number of esters is 2. The Balaban J connectivity index is 2.22. The highest BCUT2D eigenvalue weighted by molar-refractivity contribution is 6.04. The molecule has 3 aliphatic carbocycles. The van der Waals surface area contributed by atoms with Crippen LogP contribution in [0.1, 0.15) is 80.6 Å². The quantitative estimate of drug-likeness (QED) is 0.445. The van der Waals surface area contributed by atoms with Crippen LogP contribution >= 0.6 is 0 Å². The van der Waals surface area contributed by atoms with Gasteiger partial charge >= 0.3 is 11.9 Å². The highest BCUT2D eigenvalue weighted by Gasteiger charge is 2.70. The highest BCUT2D eigenvalue weighted by atomic mass is 16.6. The molecule has 0 amide bonds. The second kappa shape index (κ2) is 8.90. The fourth-order valence-electron chi connectivity index (χ4n) is 6.74. The van der Waals surface area contributed by atoms with Crippen LogP contribution in [0.25, 0.3) is 0 Å². The number of ketones is 1. The van der Waals surface area contributed by atoms with E-state index in [2.05, 4.69) is 0 Å². The van der Waals surface area contributed by atoms with E-state index >= 15 is 0 Å². The normalized spacial score (nSPS) is 39.5. The molecular weight excluding hydrogens is 436 g/mol. The summed E-state index contributed by atoms with van der Waals surface area (Å²) in [6.07, 6.45) is 5.43. The lowest BCUT2D eigenvalue weighted by Gasteiger charge is -2.60. The Hall–Kier alpha value is -1.99. The average Bonchev–Trinajstić information content (AvgIpc) is 2.94. The molecule has 34 heavy (non-hydrogen) atoms. The van der Waals surface area contributed by atoms with Crippen molar-refractivity contribution in [2.45, 2.75) is 97.4 Å². The van der Waals surface area contributed by atoms with E-state index in [0.717, 1.165) is 0 Å². The Kier molecular flexibility index (Phi) is 6.97. The van der Waals surface area contributed by atoms with Crippen molar-refractivity contribution in [3.8, 4) is 0 Å². The van der Waals surface area contributed by atoms with Gasteiger partial charge in [0.2, 0.25) is 0 Å². The molecule has 0 aromatic heterocycles. The summed E-state index contributed by atoms with van der Waals surface area (Å²) in [6, 6.07) is 0. The van der Waals surface area contributed by atoms with Gasteiger partial charge in [0.1, 0.15) is 17.8 Å². The summed E-state index contributed by atoms with van der Waals surface area (Å²) in [4.78, 5) is 37.5. The molecule has 0 heterocycles. The van der Waals surface area contributed by atoms with Gasteiger partial charge in [-0.15, -0.1) is 0 Å². The van der Waals surface area contributed by atoms with E-state index in [9.17, 15) is 24.6 Å². The zero-order valence-corrected chi connectivity index (χ0v) is 21.6. The molecule has 1 saturated carbocycles. The first-order valence-corrected chi connectivity index (χ1v) is 12.4. The molecule has 2 N–H and O–H groups in total. The van der Waals surface area contributed by atoms with Crippen LogP contribution in [0.5, 0.6) is 0 Å². The molecule has 0 spiro atoms. The minimum Gasteiger partial charge on any atom is -0.461 e. The van der Waals surface area contributed by atoms with E-state index in [1.807, 2.05) is 26.8 Å². The van der Waals surface area contributed by atoms with Gasteiger partial charge in [0.25, 0.3) is 0 Å². The molecule has 6 atom stereocenters. The van der Waals surface area contributed by atoms with Gasteiger partial charge in [0.05, 0.1) is 11.5 Å². The summed E-state index contributed by atoms with van der Waals surface area (Å²) in [5, 5.41) is 24.4. The van der Waals surface area contributed by atoms with Gasteiger partial charge in [-0.1, -0.05) is 46.8 Å². The summed E-state index contributed by atoms with van der Waals surface area (Å²) in [5.41, 5.74) is -3.99. The van der Waals surface area contributed by atoms with Crippen LogP contribution in [0, 0.1) is 23.2 Å². The van der Waals surface area contributed by atoms with Gasteiger partial charge in [-0.05, 0) is 49.7 Å². The van der Waals surface area contributed by atoms with E-state index in [1.165, 1.54) is 6.92 Å². The summed E-state index contributed by atoms with van der Waals surface area (Å²) in [5.74, 6) is -2.66. The number of hydrogen-bond donors (Lipinski definition) is 2. The van der Waals surface area contributed by atoms with Crippen molar-refractivity contribution < 1.29 is 34.1 Å². The third-order valence-corrected chi connectivity index (χ3v) is 8.52. The minimum absolute atomic E-state index is 0.0285. The predicted octanol–water partition coefficient (Wildman–Crippen LogP) is 3.66. The lowest BCUT2D eigenvalue weighted by atomic mass is 9.49. The maximum absolute atomic E-state index is 13.2. The van der Waals surface area contributed by atoms with Crippen LogP contribution in [-0.2, 0) is 23.9 Å². The Morgan fingerprint density at radius 2 is 1.85 bits per heavy atom. The zero-order valence-electron chi connectivity index (χ0n) is 21.6. The molecule has 0 aliphatic heterocycles. The first-order valence-electron chi connectivity index (χ1n) is 12.4. The Labute approximate surface area is 202 Å². The standard InChI is InChI=1S/C27H40O7/c1-8-24-12-20(14-33-19(7)28)13-26(31)21(10-17(5)22(26)29)27(24,32)18(6)11-25(9-2,15-24)34-23(30)16(3)4/h10,12,16,18,21,31-32H,8-9,11,13-15H2,1-7H3. The lowest BCUT2D eigenvalue weighted by molar-refractivity contribution is -0.235. The largest absolute Gasteiger partial charge is 0.461 e. The maximum Gasteiger partial charge on any atom is 0.308 e. The number of aliphatic hydroxyl groups is 2. The average molecular weight is 477 g/mol.